The number of fused-ring (bicyclic) bond motifs is 10. The Morgan fingerprint density at radius 3 is 2.09 bits per heavy atom. The van der Waals surface area contributed by atoms with Crippen molar-refractivity contribution in [3.63, 3.8) is 0 Å². The van der Waals surface area contributed by atoms with Crippen molar-refractivity contribution < 1.29 is 4.42 Å². The van der Waals surface area contributed by atoms with E-state index in [1.165, 1.54) is 0 Å². The van der Waals surface area contributed by atoms with Gasteiger partial charge in [0.25, 0.3) is 0 Å². The minimum atomic E-state index is 0.659. The van der Waals surface area contributed by atoms with Gasteiger partial charge < -0.3 is 13.6 Å². The highest BCUT2D eigenvalue weighted by molar-refractivity contribution is 6.23. The van der Waals surface area contributed by atoms with Crippen LogP contribution < -0.4 is 0 Å². The predicted molar refractivity (Wildman–Crippen MR) is 190 cm³/mol. The second-order valence-electron chi connectivity index (χ2n) is 11.9. The van der Waals surface area contributed by atoms with Gasteiger partial charge in [-0.2, -0.15) is 5.26 Å². The standard InChI is InChI=1S/C42H24N4O/c43-25-26-17-19-36-34(22-26)31-12-1-3-14-35(31)45(36)29-10-5-8-27(23-29)28-9-6-11-30(24-28)46-37-15-7-21-44-41(37)33-18-20-39-40(42(33)46)32-13-2-4-16-38(32)47-39/h1-24H. The molecule has 0 aliphatic heterocycles. The van der Waals surface area contributed by atoms with Gasteiger partial charge in [0.05, 0.1) is 44.6 Å². The lowest BCUT2D eigenvalue weighted by Gasteiger charge is -2.13. The average molecular weight is 601 g/mol. The van der Waals surface area contributed by atoms with E-state index in [-0.39, 0.29) is 0 Å². The minimum absolute atomic E-state index is 0.659. The van der Waals surface area contributed by atoms with E-state index in [4.69, 9.17) is 9.40 Å². The average Bonchev–Trinajstić information content (AvgIpc) is 3.79. The predicted octanol–water partition coefficient (Wildman–Crippen LogP) is 10.7. The number of pyridine rings is 1. The number of nitriles is 1. The molecule has 4 heterocycles. The number of hydrogen-bond donors (Lipinski definition) is 0. The molecule has 4 aromatic heterocycles. The molecule has 0 atom stereocenters. The second-order valence-corrected chi connectivity index (χ2v) is 11.9. The van der Waals surface area contributed by atoms with Crippen molar-refractivity contribution in [2.24, 2.45) is 0 Å². The van der Waals surface area contributed by atoms with E-state index in [0.29, 0.717) is 5.56 Å². The molecule has 10 aromatic rings. The number of aromatic nitrogens is 3. The molecule has 0 aliphatic rings. The van der Waals surface area contributed by atoms with Crippen molar-refractivity contribution in [1.82, 2.24) is 14.1 Å². The molecule has 0 fully saturated rings. The van der Waals surface area contributed by atoms with Crippen molar-refractivity contribution in [3.8, 4) is 28.6 Å². The summed E-state index contributed by atoms with van der Waals surface area (Å²) in [4.78, 5) is 4.84. The number of nitrogens with zero attached hydrogens (tertiary/aromatic N) is 4. The lowest BCUT2D eigenvalue weighted by atomic mass is 10.0. The van der Waals surface area contributed by atoms with E-state index in [1.807, 2.05) is 36.5 Å². The Hall–Kier alpha value is -6.64. The van der Waals surface area contributed by atoms with Crippen LogP contribution >= 0.6 is 0 Å². The zero-order valence-corrected chi connectivity index (χ0v) is 25.1. The smallest absolute Gasteiger partial charge is 0.137 e. The van der Waals surface area contributed by atoms with Crippen LogP contribution in [-0.2, 0) is 0 Å². The third kappa shape index (κ3) is 3.67. The highest BCUT2D eigenvalue weighted by atomic mass is 16.3. The number of furan rings is 1. The first kappa shape index (κ1) is 25.7. The fourth-order valence-corrected chi connectivity index (χ4v) is 7.37. The summed E-state index contributed by atoms with van der Waals surface area (Å²) in [6.45, 7) is 0. The van der Waals surface area contributed by atoms with Crippen LogP contribution in [0.25, 0.3) is 88.2 Å². The Morgan fingerprint density at radius 2 is 1.26 bits per heavy atom. The normalized spacial score (nSPS) is 11.8. The molecule has 5 heteroatoms. The maximum Gasteiger partial charge on any atom is 0.137 e. The third-order valence-electron chi connectivity index (χ3n) is 9.37. The Morgan fingerprint density at radius 1 is 0.532 bits per heavy atom. The summed E-state index contributed by atoms with van der Waals surface area (Å²) >= 11 is 0. The van der Waals surface area contributed by atoms with Crippen LogP contribution in [0.3, 0.4) is 0 Å². The Kier molecular flexibility index (Phi) is 5.28. The molecule has 0 bridgehead atoms. The molecule has 0 amide bonds. The second kappa shape index (κ2) is 9.68. The summed E-state index contributed by atoms with van der Waals surface area (Å²) in [6, 6.07) is 50.6. The van der Waals surface area contributed by atoms with Gasteiger partial charge in [0.1, 0.15) is 11.2 Å². The molecule has 0 spiro atoms. The van der Waals surface area contributed by atoms with Gasteiger partial charge in [0.2, 0.25) is 0 Å². The largest absolute Gasteiger partial charge is 0.456 e. The molecule has 0 saturated heterocycles. The van der Waals surface area contributed by atoms with Gasteiger partial charge in [-0.1, -0.05) is 60.7 Å². The van der Waals surface area contributed by atoms with Gasteiger partial charge in [-0.05, 0) is 90.0 Å². The summed E-state index contributed by atoms with van der Waals surface area (Å²) in [5.74, 6) is 0. The maximum atomic E-state index is 9.58. The zero-order chi connectivity index (χ0) is 31.1. The van der Waals surface area contributed by atoms with Crippen molar-refractivity contribution in [1.29, 1.82) is 5.26 Å². The maximum absolute atomic E-state index is 9.58. The van der Waals surface area contributed by atoms with Crippen LogP contribution in [0, 0.1) is 11.3 Å². The topological polar surface area (TPSA) is 59.7 Å². The van der Waals surface area contributed by atoms with E-state index in [9.17, 15) is 5.26 Å². The van der Waals surface area contributed by atoms with E-state index in [1.54, 1.807) is 0 Å². The number of benzene rings is 6. The van der Waals surface area contributed by atoms with Crippen molar-refractivity contribution in [2.75, 3.05) is 0 Å². The lowest BCUT2D eigenvalue weighted by Crippen LogP contribution is -1.96. The molecule has 0 unspecified atom stereocenters. The third-order valence-corrected chi connectivity index (χ3v) is 9.37. The lowest BCUT2D eigenvalue weighted by molar-refractivity contribution is 0.669. The van der Waals surface area contributed by atoms with E-state index in [0.717, 1.165) is 88.2 Å². The number of rotatable bonds is 3. The van der Waals surface area contributed by atoms with E-state index < -0.39 is 0 Å². The van der Waals surface area contributed by atoms with Crippen molar-refractivity contribution in [3.05, 3.63) is 151 Å². The van der Waals surface area contributed by atoms with Gasteiger partial charge in [-0.3, -0.25) is 4.98 Å². The highest BCUT2D eigenvalue weighted by Gasteiger charge is 2.20. The molecule has 0 N–H and O–H groups in total. The van der Waals surface area contributed by atoms with Crippen LogP contribution in [0.5, 0.6) is 0 Å². The van der Waals surface area contributed by atoms with E-state index in [2.05, 4.69) is 124 Å². The Bertz CT molecular complexity index is 2930. The van der Waals surface area contributed by atoms with Crippen LogP contribution in [0.1, 0.15) is 5.56 Å². The molecular formula is C42H24N4O. The molecular weight excluding hydrogens is 576 g/mol. The van der Waals surface area contributed by atoms with Crippen molar-refractivity contribution in [2.45, 2.75) is 0 Å². The molecule has 10 rings (SSSR count). The van der Waals surface area contributed by atoms with E-state index >= 15 is 0 Å². The number of hydrogen-bond acceptors (Lipinski definition) is 3. The SMILES string of the molecule is N#Cc1ccc2c(c1)c1ccccc1n2-c1cccc(-c2cccc(-n3c4cccnc4c4ccc5oc6ccccc6c5c43)c2)c1. The number of para-hydroxylation sites is 2. The van der Waals surface area contributed by atoms with Gasteiger partial charge in [-0.15, -0.1) is 0 Å². The molecule has 0 saturated carbocycles. The molecule has 5 nitrogen and oxygen atoms in total. The van der Waals surface area contributed by atoms with Gasteiger partial charge >= 0.3 is 0 Å². The first-order chi connectivity index (χ1) is 23.3. The fourth-order valence-electron chi connectivity index (χ4n) is 7.37. The van der Waals surface area contributed by atoms with Gasteiger partial charge in [0, 0.05) is 39.1 Å². The van der Waals surface area contributed by atoms with Crippen LogP contribution in [0.2, 0.25) is 0 Å². The van der Waals surface area contributed by atoms with Crippen LogP contribution in [0.4, 0.5) is 0 Å². The van der Waals surface area contributed by atoms with Gasteiger partial charge in [0.15, 0.2) is 0 Å². The zero-order valence-electron chi connectivity index (χ0n) is 25.1. The first-order valence-corrected chi connectivity index (χ1v) is 15.6. The Balaban J connectivity index is 1.20. The summed E-state index contributed by atoms with van der Waals surface area (Å²) in [6.07, 6.45) is 1.86. The monoisotopic (exact) mass is 600 g/mol. The molecule has 0 aliphatic carbocycles. The molecule has 6 aromatic carbocycles. The quantitative estimate of drug-likeness (QED) is 0.203. The van der Waals surface area contributed by atoms with Crippen LogP contribution in [-0.4, -0.2) is 14.1 Å². The summed E-state index contributed by atoms with van der Waals surface area (Å²) in [5.41, 5.74) is 12.0. The fraction of sp³-hybridized carbons (Fsp3) is 0. The minimum Gasteiger partial charge on any atom is -0.456 e. The Labute approximate surface area is 268 Å². The molecule has 218 valence electrons. The molecule has 0 radical (unpaired) electrons. The highest BCUT2D eigenvalue weighted by Crippen LogP contribution is 2.41. The van der Waals surface area contributed by atoms with Crippen LogP contribution in [0.15, 0.2) is 150 Å². The summed E-state index contributed by atoms with van der Waals surface area (Å²) < 4.78 is 10.9. The van der Waals surface area contributed by atoms with Crippen molar-refractivity contribution >= 4 is 65.7 Å². The molecule has 47 heavy (non-hydrogen) atoms. The van der Waals surface area contributed by atoms with Gasteiger partial charge in [-0.25, -0.2) is 0 Å². The summed E-state index contributed by atoms with van der Waals surface area (Å²) in [5, 5.41) is 15.1. The first-order valence-electron chi connectivity index (χ1n) is 15.6. The summed E-state index contributed by atoms with van der Waals surface area (Å²) in [7, 11) is 0.